The van der Waals surface area contributed by atoms with Gasteiger partial charge >= 0.3 is 0 Å². The van der Waals surface area contributed by atoms with E-state index < -0.39 is 0 Å². The van der Waals surface area contributed by atoms with Crippen molar-refractivity contribution >= 4 is 17.4 Å². The van der Waals surface area contributed by atoms with E-state index in [0.717, 1.165) is 29.2 Å². The molecule has 0 saturated carbocycles. The highest BCUT2D eigenvalue weighted by atomic mass is 16.5. The summed E-state index contributed by atoms with van der Waals surface area (Å²) in [6.45, 7) is 8.74. The normalized spacial score (nSPS) is 11.0. The fraction of sp³-hybridized carbons (Fsp3) is 0.400. The van der Waals surface area contributed by atoms with Gasteiger partial charge in [-0.1, -0.05) is 6.92 Å². The first-order chi connectivity index (χ1) is 13.0. The van der Waals surface area contributed by atoms with Crippen molar-refractivity contribution in [1.82, 2.24) is 19.6 Å². The highest BCUT2D eigenvalue weighted by Crippen LogP contribution is 2.22. The van der Waals surface area contributed by atoms with E-state index in [1.807, 2.05) is 58.0 Å². The molecule has 0 aliphatic heterocycles. The molecule has 0 bridgehead atoms. The van der Waals surface area contributed by atoms with E-state index in [1.165, 1.54) is 0 Å². The molecule has 1 amide bonds. The number of aromatic nitrogens is 4. The molecule has 0 spiro atoms. The second-order valence-corrected chi connectivity index (χ2v) is 6.44. The Bertz CT molecular complexity index is 933. The molecule has 142 valence electrons. The van der Waals surface area contributed by atoms with Crippen LogP contribution in [-0.2, 0) is 11.3 Å². The minimum atomic E-state index is 0.0429. The second-order valence-electron chi connectivity index (χ2n) is 6.44. The SMILES string of the molecule is CCCC(=O)N(Cc1nc2nc(C)cc(C)n2n1)c1ccc(OCC)cc1. The van der Waals surface area contributed by atoms with E-state index >= 15 is 0 Å². The van der Waals surface area contributed by atoms with Gasteiger partial charge in [0.15, 0.2) is 5.82 Å². The Morgan fingerprint density at radius 2 is 1.89 bits per heavy atom. The Labute approximate surface area is 159 Å². The summed E-state index contributed by atoms with van der Waals surface area (Å²) >= 11 is 0. The van der Waals surface area contributed by atoms with Crippen LogP contribution in [0.1, 0.15) is 43.9 Å². The number of carbonyl (C=O) groups excluding carboxylic acids is 1. The van der Waals surface area contributed by atoms with Crippen molar-refractivity contribution in [3.8, 4) is 5.75 Å². The monoisotopic (exact) mass is 367 g/mol. The van der Waals surface area contributed by atoms with Gasteiger partial charge in [-0.3, -0.25) is 4.79 Å². The largest absolute Gasteiger partial charge is 0.494 e. The molecule has 3 aromatic rings. The lowest BCUT2D eigenvalue weighted by Gasteiger charge is -2.21. The van der Waals surface area contributed by atoms with Crippen molar-refractivity contribution in [2.75, 3.05) is 11.5 Å². The number of rotatable bonds is 7. The maximum absolute atomic E-state index is 12.7. The highest BCUT2D eigenvalue weighted by molar-refractivity contribution is 5.93. The van der Waals surface area contributed by atoms with Gasteiger partial charge in [0, 0.05) is 23.5 Å². The van der Waals surface area contributed by atoms with E-state index in [-0.39, 0.29) is 5.91 Å². The van der Waals surface area contributed by atoms with Gasteiger partial charge in [-0.15, -0.1) is 5.10 Å². The summed E-state index contributed by atoms with van der Waals surface area (Å²) < 4.78 is 7.20. The van der Waals surface area contributed by atoms with Gasteiger partial charge in [0.2, 0.25) is 5.91 Å². The van der Waals surface area contributed by atoms with E-state index in [1.54, 1.807) is 9.42 Å². The Morgan fingerprint density at radius 1 is 1.15 bits per heavy atom. The van der Waals surface area contributed by atoms with Crippen LogP contribution < -0.4 is 9.64 Å². The van der Waals surface area contributed by atoms with Crippen molar-refractivity contribution in [2.24, 2.45) is 0 Å². The predicted molar refractivity (Wildman–Crippen MR) is 104 cm³/mol. The van der Waals surface area contributed by atoms with E-state index in [9.17, 15) is 4.79 Å². The number of hydrogen-bond donors (Lipinski definition) is 0. The summed E-state index contributed by atoms with van der Waals surface area (Å²) in [5.74, 6) is 1.94. The zero-order valence-electron chi connectivity index (χ0n) is 16.3. The van der Waals surface area contributed by atoms with Gasteiger partial charge < -0.3 is 9.64 Å². The zero-order chi connectivity index (χ0) is 19.4. The predicted octanol–water partition coefficient (Wildman–Crippen LogP) is 3.47. The molecular weight excluding hydrogens is 342 g/mol. The summed E-state index contributed by atoms with van der Waals surface area (Å²) in [6, 6.07) is 9.48. The molecule has 0 radical (unpaired) electrons. The van der Waals surface area contributed by atoms with Crippen LogP contribution in [0.2, 0.25) is 0 Å². The average molecular weight is 367 g/mol. The Balaban J connectivity index is 1.91. The van der Waals surface area contributed by atoms with Crippen LogP contribution in [0, 0.1) is 13.8 Å². The highest BCUT2D eigenvalue weighted by Gasteiger charge is 2.19. The summed E-state index contributed by atoms with van der Waals surface area (Å²) in [7, 11) is 0. The molecule has 27 heavy (non-hydrogen) atoms. The van der Waals surface area contributed by atoms with Crippen LogP contribution >= 0.6 is 0 Å². The number of benzene rings is 1. The van der Waals surface area contributed by atoms with E-state index in [0.29, 0.717) is 31.2 Å². The molecule has 7 nitrogen and oxygen atoms in total. The third kappa shape index (κ3) is 4.24. The molecule has 0 aliphatic carbocycles. The van der Waals surface area contributed by atoms with Gasteiger partial charge in [-0.2, -0.15) is 4.98 Å². The smallest absolute Gasteiger partial charge is 0.252 e. The van der Waals surface area contributed by atoms with Gasteiger partial charge in [-0.05, 0) is 57.5 Å². The van der Waals surface area contributed by atoms with Gasteiger partial charge in [-0.25, -0.2) is 9.50 Å². The van der Waals surface area contributed by atoms with Gasteiger partial charge in [0.05, 0.1) is 13.2 Å². The first-order valence-corrected chi connectivity index (χ1v) is 9.25. The minimum Gasteiger partial charge on any atom is -0.494 e. The number of carbonyl (C=O) groups is 1. The maximum Gasteiger partial charge on any atom is 0.252 e. The van der Waals surface area contributed by atoms with Crippen LogP contribution in [0.25, 0.3) is 5.78 Å². The molecule has 2 aromatic heterocycles. The molecule has 0 fully saturated rings. The molecule has 1 aromatic carbocycles. The molecule has 0 aliphatic rings. The van der Waals surface area contributed by atoms with Crippen molar-refractivity contribution in [3.05, 3.63) is 47.5 Å². The minimum absolute atomic E-state index is 0.0429. The average Bonchev–Trinajstić information content (AvgIpc) is 3.04. The van der Waals surface area contributed by atoms with Crippen LogP contribution in [-0.4, -0.2) is 32.1 Å². The standard InChI is InChI=1S/C20H25N5O2/c1-5-7-19(26)24(16-8-10-17(11-9-16)27-6-2)13-18-22-20-21-14(3)12-15(4)25(20)23-18/h8-12H,5-7,13H2,1-4H3. The third-order valence-electron chi connectivity index (χ3n) is 4.19. The first kappa shape index (κ1) is 18.8. The second kappa shape index (κ2) is 8.16. The maximum atomic E-state index is 12.7. The lowest BCUT2D eigenvalue weighted by atomic mass is 10.2. The number of hydrogen-bond acceptors (Lipinski definition) is 5. The lowest BCUT2D eigenvalue weighted by Crippen LogP contribution is -2.30. The fourth-order valence-electron chi connectivity index (χ4n) is 2.98. The van der Waals surface area contributed by atoms with Crippen molar-refractivity contribution in [2.45, 2.75) is 47.1 Å². The number of ether oxygens (including phenoxy) is 1. The molecule has 0 unspecified atom stereocenters. The first-order valence-electron chi connectivity index (χ1n) is 9.25. The Morgan fingerprint density at radius 3 is 2.56 bits per heavy atom. The summed E-state index contributed by atoms with van der Waals surface area (Å²) in [5, 5.41) is 4.53. The van der Waals surface area contributed by atoms with Crippen molar-refractivity contribution in [3.63, 3.8) is 0 Å². The molecule has 0 saturated heterocycles. The molecular formula is C20H25N5O2. The number of aryl methyl sites for hydroxylation is 2. The van der Waals surface area contributed by atoms with Crippen molar-refractivity contribution < 1.29 is 9.53 Å². The Hall–Kier alpha value is -2.96. The summed E-state index contributed by atoms with van der Waals surface area (Å²) in [5.41, 5.74) is 2.66. The summed E-state index contributed by atoms with van der Waals surface area (Å²) in [6.07, 6.45) is 1.25. The fourth-order valence-corrected chi connectivity index (χ4v) is 2.98. The number of fused-ring (bicyclic) bond motifs is 1. The zero-order valence-corrected chi connectivity index (χ0v) is 16.3. The lowest BCUT2D eigenvalue weighted by molar-refractivity contribution is -0.118. The summed E-state index contributed by atoms with van der Waals surface area (Å²) in [4.78, 5) is 23.4. The number of nitrogens with zero attached hydrogens (tertiary/aromatic N) is 5. The van der Waals surface area contributed by atoms with Gasteiger partial charge in [0.25, 0.3) is 5.78 Å². The van der Waals surface area contributed by atoms with E-state index in [4.69, 9.17) is 4.74 Å². The topological polar surface area (TPSA) is 72.6 Å². The van der Waals surface area contributed by atoms with E-state index in [2.05, 4.69) is 15.1 Å². The number of amides is 1. The van der Waals surface area contributed by atoms with Crippen LogP contribution in [0.3, 0.4) is 0 Å². The molecule has 0 N–H and O–H groups in total. The number of anilines is 1. The van der Waals surface area contributed by atoms with Crippen LogP contribution in [0.4, 0.5) is 5.69 Å². The van der Waals surface area contributed by atoms with Gasteiger partial charge in [0.1, 0.15) is 5.75 Å². The van der Waals surface area contributed by atoms with Crippen LogP contribution in [0.15, 0.2) is 30.3 Å². The molecule has 7 heteroatoms. The quantitative estimate of drug-likeness (QED) is 0.639. The van der Waals surface area contributed by atoms with Crippen molar-refractivity contribution in [1.29, 1.82) is 0 Å². The molecule has 2 heterocycles. The molecule has 0 atom stereocenters. The third-order valence-corrected chi connectivity index (χ3v) is 4.19. The molecule has 3 rings (SSSR count). The Kier molecular flexibility index (Phi) is 5.69. The van der Waals surface area contributed by atoms with Crippen LogP contribution in [0.5, 0.6) is 5.75 Å².